The van der Waals surface area contributed by atoms with Gasteiger partial charge in [-0.25, -0.2) is 4.79 Å². The minimum atomic E-state index is -1.05. The van der Waals surface area contributed by atoms with E-state index in [2.05, 4.69) is 0 Å². The van der Waals surface area contributed by atoms with Crippen LogP contribution in [0.2, 0.25) is 5.02 Å². The van der Waals surface area contributed by atoms with Crippen LogP contribution in [0.25, 0.3) is 11.1 Å². The third-order valence-corrected chi connectivity index (χ3v) is 5.61. The molecule has 1 N–H and O–H groups in total. The summed E-state index contributed by atoms with van der Waals surface area (Å²) in [5.74, 6) is -1.16. The molecule has 8 heteroatoms. The van der Waals surface area contributed by atoms with Crippen LogP contribution >= 0.6 is 11.6 Å². The number of hydrogen-bond donors (Lipinski definition) is 1. The van der Waals surface area contributed by atoms with Crippen molar-refractivity contribution >= 4 is 29.1 Å². The molecule has 1 heterocycles. The van der Waals surface area contributed by atoms with Crippen LogP contribution in [0, 0.1) is 0 Å². The first-order valence-electron chi connectivity index (χ1n) is 10.1. The van der Waals surface area contributed by atoms with Crippen molar-refractivity contribution in [3.05, 3.63) is 86.8 Å². The van der Waals surface area contributed by atoms with E-state index >= 15 is 0 Å². The molecule has 7 nitrogen and oxygen atoms in total. The summed E-state index contributed by atoms with van der Waals surface area (Å²) in [4.78, 5) is 48.9. The third-order valence-electron chi connectivity index (χ3n) is 5.38. The second kappa shape index (κ2) is 9.83. The molecule has 0 saturated carbocycles. The number of aromatic nitrogens is 1. The summed E-state index contributed by atoms with van der Waals surface area (Å²) in [6.45, 7) is 3.03. The molecule has 0 aliphatic heterocycles. The molecule has 0 aliphatic rings. The van der Waals surface area contributed by atoms with Gasteiger partial charge in [0, 0.05) is 28.6 Å². The second-order valence-corrected chi connectivity index (χ2v) is 8.00. The zero-order chi connectivity index (χ0) is 24.3. The molecule has 0 radical (unpaired) electrons. The molecule has 0 amide bonds. The Labute approximate surface area is 195 Å². The summed E-state index contributed by atoms with van der Waals surface area (Å²) >= 11 is 6.12. The molecule has 0 bridgehead atoms. The fourth-order valence-electron chi connectivity index (χ4n) is 3.52. The fraction of sp³-hybridized carbons (Fsp3) is 0.200. The summed E-state index contributed by atoms with van der Waals surface area (Å²) in [6.07, 6.45) is 1.47. The van der Waals surface area contributed by atoms with Gasteiger partial charge < -0.3 is 14.4 Å². The number of hydrogen-bond acceptors (Lipinski definition) is 5. The average molecular weight is 468 g/mol. The zero-order valence-electron chi connectivity index (χ0n) is 18.3. The van der Waals surface area contributed by atoms with Crippen molar-refractivity contribution < 1.29 is 24.2 Å². The number of methoxy groups -OCH3 is 1. The molecule has 170 valence electrons. The van der Waals surface area contributed by atoms with Gasteiger partial charge in [-0.2, -0.15) is 0 Å². The number of ketones is 2. The van der Waals surface area contributed by atoms with Gasteiger partial charge in [0.05, 0.1) is 24.9 Å². The molecule has 2 aromatic carbocycles. The van der Waals surface area contributed by atoms with Crippen molar-refractivity contribution in [2.75, 3.05) is 7.11 Å². The third kappa shape index (κ3) is 5.21. The van der Waals surface area contributed by atoms with Crippen LogP contribution in [0.3, 0.4) is 0 Å². The Morgan fingerprint density at radius 1 is 1.06 bits per heavy atom. The predicted molar refractivity (Wildman–Crippen MR) is 125 cm³/mol. The molecule has 0 fully saturated rings. The lowest BCUT2D eigenvalue weighted by Gasteiger charge is -2.18. The minimum absolute atomic E-state index is 0.0281. The van der Waals surface area contributed by atoms with Gasteiger partial charge in [-0.15, -0.1) is 0 Å². The van der Waals surface area contributed by atoms with Crippen LogP contribution in [0.5, 0.6) is 5.75 Å². The van der Waals surface area contributed by atoms with Gasteiger partial charge in [0.25, 0.3) is 5.56 Å². The van der Waals surface area contributed by atoms with Crippen molar-refractivity contribution in [1.29, 1.82) is 0 Å². The number of carbonyl (C=O) groups excluding carboxylic acids is 2. The topological polar surface area (TPSA) is 103 Å². The molecule has 33 heavy (non-hydrogen) atoms. The highest BCUT2D eigenvalue weighted by Gasteiger charge is 2.21. The van der Waals surface area contributed by atoms with Crippen LogP contribution in [0.15, 0.2) is 59.5 Å². The number of carbonyl (C=O) groups is 3. The Kier molecular flexibility index (Phi) is 7.13. The Hall–Kier alpha value is -3.71. The quantitative estimate of drug-likeness (QED) is 0.491. The standard InChI is InChI=1S/C25H22ClNO6/c1-14(22(29)10-16-4-6-17(7-5-16)25(31)32)27-13-23(33-3)21(12-24(27)30)20-11-18(26)8-9-19(20)15(2)28/h4-9,11-14H,10H2,1-3H3,(H,31,32). The summed E-state index contributed by atoms with van der Waals surface area (Å²) in [5.41, 5.74) is 1.58. The summed E-state index contributed by atoms with van der Waals surface area (Å²) in [5, 5.41) is 9.40. The zero-order valence-corrected chi connectivity index (χ0v) is 19.1. The fourth-order valence-corrected chi connectivity index (χ4v) is 3.69. The van der Waals surface area contributed by atoms with E-state index < -0.39 is 17.6 Å². The first kappa shape index (κ1) is 23.9. The van der Waals surface area contributed by atoms with Crippen LogP contribution in [0.4, 0.5) is 0 Å². The Bertz CT molecular complexity index is 1290. The maximum Gasteiger partial charge on any atom is 0.335 e. The lowest BCUT2D eigenvalue weighted by molar-refractivity contribution is -0.121. The predicted octanol–water partition coefficient (Wildman–Crippen LogP) is 4.45. The summed E-state index contributed by atoms with van der Waals surface area (Å²) in [7, 11) is 1.43. The van der Waals surface area contributed by atoms with E-state index in [1.54, 1.807) is 37.3 Å². The number of carboxylic acids is 1. The molecular weight excluding hydrogens is 446 g/mol. The highest BCUT2D eigenvalue weighted by atomic mass is 35.5. The highest BCUT2D eigenvalue weighted by Crippen LogP contribution is 2.34. The smallest absolute Gasteiger partial charge is 0.335 e. The molecule has 1 aromatic heterocycles. The Balaban J connectivity index is 1.96. The first-order valence-corrected chi connectivity index (χ1v) is 10.5. The SMILES string of the molecule is COc1cn(C(C)C(=O)Cc2ccc(C(=O)O)cc2)c(=O)cc1-c1cc(Cl)ccc1C(C)=O. The number of pyridine rings is 1. The molecule has 0 spiro atoms. The largest absolute Gasteiger partial charge is 0.495 e. The Morgan fingerprint density at radius 2 is 1.73 bits per heavy atom. The van der Waals surface area contributed by atoms with E-state index in [0.717, 1.165) is 0 Å². The number of ether oxygens (including phenoxy) is 1. The Morgan fingerprint density at radius 3 is 2.30 bits per heavy atom. The number of rotatable bonds is 8. The molecule has 1 unspecified atom stereocenters. The van der Waals surface area contributed by atoms with Gasteiger partial charge in [0.1, 0.15) is 5.75 Å². The van der Waals surface area contributed by atoms with Crippen molar-refractivity contribution in [2.45, 2.75) is 26.3 Å². The van der Waals surface area contributed by atoms with Crippen LogP contribution in [-0.4, -0.2) is 34.3 Å². The summed E-state index contributed by atoms with van der Waals surface area (Å²) < 4.78 is 6.74. The number of benzene rings is 2. The molecule has 1 atom stereocenters. The number of halogens is 1. The van der Waals surface area contributed by atoms with Gasteiger partial charge in [0.2, 0.25) is 0 Å². The number of Topliss-reactive ketones (excluding diaryl/α,β-unsaturated/α-hetero) is 2. The molecule has 0 aliphatic carbocycles. The van der Waals surface area contributed by atoms with Crippen molar-refractivity contribution in [3.8, 4) is 16.9 Å². The minimum Gasteiger partial charge on any atom is -0.495 e. The average Bonchev–Trinajstić information content (AvgIpc) is 2.78. The van der Waals surface area contributed by atoms with E-state index in [1.807, 2.05) is 0 Å². The van der Waals surface area contributed by atoms with E-state index in [1.165, 1.54) is 43.0 Å². The maximum absolute atomic E-state index is 12.9. The highest BCUT2D eigenvalue weighted by molar-refractivity contribution is 6.31. The second-order valence-electron chi connectivity index (χ2n) is 7.57. The van der Waals surface area contributed by atoms with Crippen molar-refractivity contribution in [1.82, 2.24) is 4.57 Å². The number of carboxylic acid groups (broad SMARTS) is 1. The molecule has 3 rings (SSSR count). The molecule has 3 aromatic rings. The molecular formula is C25H22ClNO6. The summed E-state index contributed by atoms with van der Waals surface area (Å²) in [6, 6.07) is 11.3. The van der Waals surface area contributed by atoms with Crippen LogP contribution in [-0.2, 0) is 11.2 Å². The van der Waals surface area contributed by atoms with Gasteiger partial charge in [-0.05, 0) is 55.3 Å². The van der Waals surface area contributed by atoms with Gasteiger partial charge in [-0.3, -0.25) is 14.4 Å². The van der Waals surface area contributed by atoms with Gasteiger partial charge in [-0.1, -0.05) is 23.7 Å². The van der Waals surface area contributed by atoms with E-state index in [-0.39, 0.29) is 23.6 Å². The number of aromatic carboxylic acids is 1. The molecule has 0 saturated heterocycles. The van der Waals surface area contributed by atoms with Crippen LogP contribution < -0.4 is 10.3 Å². The monoisotopic (exact) mass is 467 g/mol. The van der Waals surface area contributed by atoms with Crippen LogP contribution in [0.1, 0.15) is 46.2 Å². The number of nitrogens with zero attached hydrogens (tertiary/aromatic N) is 1. The van der Waals surface area contributed by atoms with Crippen molar-refractivity contribution in [2.24, 2.45) is 0 Å². The lowest BCUT2D eigenvalue weighted by Crippen LogP contribution is -2.28. The van der Waals surface area contributed by atoms with Gasteiger partial charge in [0.15, 0.2) is 11.6 Å². The van der Waals surface area contributed by atoms with E-state index in [0.29, 0.717) is 33.0 Å². The van der Waals surface area contributed by atoms with Crippen molar-refractivity contribution in [3.63, 3.8) is 0 Å². The van der Waals surface area contributed by atoms with E-state index in [9.17, 15) is 19.2 Å². The van der Waals surface area contributed by atoms with Gasteiger partial charge >= 0.3 is 5.97 Å². The maximum atomic E-state index is 12.9. The lowest BCUT2D eigenvalue weighted by atomic mass is 9.97. The normalized spacial score (nSPS) is 11.6. The first-order chi connectivity index (χ1) is 15.6. The van der Waals surface area contributed by atoms with E-state index in [4.69, 9.17) is 21.4 Å².